The second-order valence-corrected chi connectivity index (χ2v) is 3.98. The Balaban J connectivity index is 2.24. The van der Waals surface area contributed by atoms with Gasteiger partial charge in [0.15, 0.2) is 0 Å². The van der Waals surface area contributed by atoms with Crippen LogP contribution in [0.2, 0.25) is 0 Å². The summed E-state index contributed by atoms with van der Waals surface area (Å²) in [6.07, 6.45) is 1.57. The minimum Gasteiger partial charge on any atom is -0.393 e. The summed E-state index contributed by atoms with van der Waals surface area (Å²) >= 11 is 0. The molecule has 0 aliphatic rings. The summed E-state index contributed by atoms with van der Waals surface area (Å²) in [5, 5.41) is 21.1. The lowest BCUT2D eigenvalue weighted by Gasteiger charge is -2.06. The highest BCUT2D eigenvalue weighted by atomic mass is 16.3. The van der Waals surface area contributed by atoms with E-state index in [1.807, 2.05) is 18.2 Å². The second kappa shape index (κ2) is 7.00. The van der Waals surface area contributed by atoms with Crippen LogP contribution in [0.4, 0.5) is 0 Å². The normalized spacial score (nSPS) is 12.1. The lowest BCUT2D eigenvalue weighted by atomic mass is 10.1. The molecular formula is C13H18N2O. The minimum absolute atomic E-state index is 0.219. The summed E-state index contributed by atoms with van der Waals surface area (Å²) in [6, 6.07) is 9.71. The van der Waals surface area contributed by atoms with Crippen LogP contribution in [-0.2, 0) is 6.54 Å². The molecule has 1 aromatic carbocycles. The van der Waals surface area contributed by atoms with Gasteiger partial charge in [0.2, 0.25) is 0 Å². The molecule has 0 aliphatic heterocycles. The highest BCUT2D eigenvalue weighted by Gasteiger charge is 1.97. The average molecular weight is 218 g/mol. The first-order valence-electron chi connectivity index (χ1n) is 5.60. The van der Waals surface area contributed by atoms with Crippen LogP contribution in [0.3, 0.4) is 0 Å². The molecule has 1 atom stereocenters. The molecular weight excluding hydrogens is 200 g/mol. The number of benzene rings is 1. The maximum Gasteiger partial charge on any atom is 0.0991 e. The first-order valence-corrected chi connectivity index (χ1v) is 5.60. The first-order chi connectivity index (χ1) is 7.72. The molecule has 0 fully saturated rings. The fraction of sp³-hybridized carbons (Fsp3) is 0.462. The Kier molecular flexibility index (Phi) is 5.55. The number of nitriles is 1. The number of nitrogens with zero attached hydrogens (tertiary/aromatic N) is 1. The summed E-state index contributed by atoms with van der Waals surface area (Å²) < 4.78 is 0. The zero-order valence-electron chi connectivity index (χ0n) is 9.61. The molecule has 0 aliphatic carbocycles. The molecule has 1 rings (SSSR count). The lowest BCUT2D eigenvalue weighted by Crippen LogP contribution is -2.16. The number of aliphatic hydroxyl groups is 1. The van der Waals surface area contributed by atoms with Gasteiger partial charge in [0.25, 0.3) is 0 Å². The molecule has 86 valence electrons. The Morgan fingerprint density at radius 1 is 1.50 bits per heavy atom. The van der Waals surface area contributed by atoms with Crippen LogP contribution < -0.4 is 5.32 Å². The summed E-state index contributed by atoms with van der Waals surface area (Å²) in [5.41, 5.74) is 1.82. The van der Waals surface area contributed by atoms with E-state index in [4.69, 9.17) is 10.4 Å². The van der Waals surface area contributed by atoms with Gasteiger partial charge >= 0.3 is 0 Å². The lowest BCUT2D eigenvalue weighted by molar-refractivity contribution is 0.181. The van der Waals surface area contributed by atoms with Gasteiger partial charge in [-0.3, -0.25) is 0 Å². The maximum absolute atomic E-state index is 9.07. The topological polar surface area (TPSA) is 56.0 Å². The molecule has 3 heteroatoms. The maximum atomic E-state index is 9.07. The van der Waals surface area contributed by atoms with Crippen molar-refractivity contribution in [2.24, 2.45) is 0 Å². The SMILES string of the molecule is CC(O)CCCNCc1cccc(C#N)c1. The van der Waals surface area contributed by atoms with Gasteiger partial charge in [-0.05, 0) is 44.0 Å². The summed E-state index contributed by atoms with van der Waals surface area (Å²) in [6.45, 7) is 3.47. The summed E-state index contributed by atoms with van der Waals surface area (Å²) in [5.74, 6) is 0. The second-order valence-electron chi connectivity index (χ2n) is 3.98. The molecule has 3 nitrogen and oxygen atoms in total. The number of nitrogens with one attached hydrogen (secondary N) is 1. The molecule has 0 aromatic heterocycles. The molecule has 0 bridgehead atoms. The monoisotopic (exact) mass is 218 g/mol. The predicted octanol–water partition coefficient (Wildman–Crippen LogP) is 1.81. The van der Waals surface area contributed by atoms with Gasteiger partial charge in [-0.1, -0.05) is 12.1 Å². The first kappa shape index (κ1) is 12.7. The van der Waals surface area contributed by atoms with Crippen LogP contribution in [0.5, 0.6) is 0 Å². The van der Waals surface area contributed by atoms with Gasteiger partial charge in [0, 0.05) is 6.54 Å². The van der Waals surface area contributed by atoms with Crippen LogP contribution in [0, 0.1) is 11.3 Å². The predicted molar refractivity (Wildman–Crippen MR) is 63.8 cm³/mol. The molecule has 0 saturated heterocycles. The van der Waals surface area contributed by atoms with E-state index < -0.39 is 0 Å². The van der Waals surface area contributed by atoms with Crippen LogP contribution >= 0.6 is 0 Å². The standard InChI is InChI=1S/C13H18N2O/c1-11(16)4-3-7-15-10-13-6-2-5-12(8-13)9-14/h2,5-6,8,11,15-16H,3-4,7,10H2,1H3. The molecule has 0 heterocycles. The molecule has 16 heavy (non-hydrogen) atoms. The molecule has 2 N–H and O–H groups in total. The van der Waals surface area contributed by atoms with E-state index in [1.54, 1.807) is 13.0 Å². The molecule has 0 amide bonds. The van der Waals surface area contributed by atoms with Gasteiger partial charge < -0.3 is 10.4 Å². The van der Waals surface area contributed by atoms with Crippen molar-refractivity contribution in [3.8, 4) is 6.07 Å². The van der Waals surface area contributed by atoms with Gasteiger partial charge in [0.1, 0.15) is 0 Å². The summed E-state index contributed by atoms with van der Waals surface area (Å²) in [7, 11) is 0. The van der Waals surface area contributed by atoms with E-state index in [0.717, 1.165) is 31.5 Å². The fourth-order valence-electron chi connectivity index (χ4n) is 1.51. The Hall–Kier alpha value is -1.37. The number of rotatable bonds is 6. The van der Waals surface area contributed by atoms with Crippen molar-refractivity contribution in [2.75, 3.05) is 6.54 Å². The minimum atomic E-state index is -0.219. The van der Waals surface area contributed by atoms with Crippen molar-refractivity contribution in [1.29, 1.82) is 5.26 Å². The van der Waals surface area contributed by atoms with E-state index in [0.29, 0.717) is 5.56 Å². The molecule has 0 saturated carbocycles. The van der Waals surface area contributed by atoms with Crippen LogP contribution in [-0.4, -0.2) is 17.8 Å². The summed E-state index contributed by atoms with van der Waals surface area (Å²) in [4.78, 5) is 0. The Morgan fingerprint density at radius 3 is 3.00 bits per heavy atom. The quantitative estimate of drug-likeness (QED) is 0.716. The largest absolute Gasteiger partial charge is 0.393 e. The fourth-order valence-corrected chi connectivity index (χ4v) is 1.51. The Bertz CT molecular complexity index is 355. The van der Waals surface area contributed by atoms with Crippen molar-refractivity contribution in [3.05, 3.63) is 35.4 Å². The third kappa shape index (κ3) is 4.92. The zero-order valence-corrected chi connectivity index (χ0v) is 9.61. The third-order valence-corrected chi connectivity index (χ3v) is 2.36. The molecule has 1 unspecified atom stereocenters. The van der Waals surface area contributed by atoms with Crippen LogP contribution in [0.1, 0.15) is 30.9 Å². The highest BCUT2D eigenvalue weighted by Crippen LogP contribution is 2.03. The van der Waals surface area contributed by atoms with Crippen molar-refractivity contribution in [2.45, 2.75) is 32.4 Å². The highest BCUT2D eigenvalue weighted by molar-refractivity contribution is 5.32. The van der Waals surface area contributed by atoms with E-state index in [-0.39, 0.29) is 6.10 Å². The van der Waals surface area contributed by atoms with Crippen molar-refractivity contribution in [1.82, 2.24) is 5.32 Å². The van der Waals surface area contributed by atoms with E-state index in [2.05, 4.69) is 11.4 Å². The smallest absolute Gasteiger partial charge is 0.0991 e. The molecule has 0 radical (unpaired) electrons. The van der Waals surface area contributed by atoms with E-state index >= 15 is 0 Å². The zero-order chi connectivity index (χ0) is 11.8. The Labute approximate surface area is 96.7 Å². The van der Waals surface area contributed by atoms with Gasteiger partial charge in [0.05, 0.1) is 17.7 Å². The van der Waals surface area contributed by atoms with Gasteiger partial charge in [-0.15, -0.1) is 0 Å². The molecule has 0 spiro atoms. The average Bonchev–Trinajstić information content (AvgIpc) is 2.28. The third-order valence-electron chi connectivity index (χ3n) is 2.36. The molecule has 1 aromatic rings. The van der Waals surface area contributed by atoms with Crippen molar-refractivity contribution < 1.29 is 5.11 Å². The van der Waals surface area contributed by atoms with E-state index in [9.17, 15) is 0 Å². The number of hydrogen-bond donors (Lipinski definition) is 2. The van der Waals surface area contributed by atoms with Crippen LogP contribution in [0.15, 0.2) is 24.3 Å². The van der Waals surface area contributed by atoms with Crippen molar-refractivity contribution in [3.63, 3.8) is 0 Å². The van der Waals surface area contributed by atoms with Gasteiger partial charge in [-0.25, -0.2) is 0 Å². The van der Waals surface area contributed by atoms with Crippen molar-refractivity contribution >= 4 is 0 Å². The Morgan fingerprint density at radius 2 is 2.31 bits per heavy atom. The number of hydrogen-bond acceptors (Lipinski definition) is 3. The number of aliphatic hydroxyl groups excluding tert-OH is 1. The van der Waals surface area contributed by atoms with Crippen LogP contribution in [0.25, 0.3) is 0 Å². The van der Waals surface area contributed by atoms with E-state index in [1.165, 1.54) is 0 Å². The van der Waals surface area contributed by atoms with Gasteiger partial charge in [-0.2, -0.15) is 5.26 Å².